The highest BCUT2D eigenvalue weighted by molar-refractivity contribution is 5.77. The molecule has 0 aromatic heterocycles. The summed E-state index contributed by atoms with van der Waals surface area (Å²) in [5, 5.41) is 6.18. The molecule has 1 aliphatic heterocycles. The molecule has 0 aromatic rings. The lowest BCUT2D eigenvalue weighted by Crippen LogP contribution is -2.41. The van der Waals surface area contributed by atoms with Crippen molar-refractivity contribution in [3.63, 3.8) is 0 Å². The first-order valence-electron chi connectivity index (χ1n) is 5.76. The quantitative estimate of drug-likeness (QED) is 0.678. The van der Waals surface area contributed by atoms with Crippen molar-refractivity contribution in [2.24, 2.45) is 5.92 Å². The summed E-state index contributed by atoms with van der Waals surface area (Å²) in [6.07, 6.45) is 1.15. The number of carbonyl (C=O) groups excluding carboxylic acids is 1. The van der Waals surface area contributed by atoms with Crippen molar-refractivity contribution in [2.75, 3.05) is 33.2 Å². The Morgan fingerprint density at radius 3 is 2.80 bits per heavy atom. The smallest absolute Gasteiger partial charge is 0.233 e. The highest BCUT2D eigenvalue weighted by Gasteiger charge is 2.19. The van der Waals surface area contributed by atoms with Gasteiger partial charge in [0.1, 0.15) is 0 Å². The molecule has 1 fully saturated rings. The van der Waals surface area contributed by atoms with Crippen molar-refractivity contribution in [1.82, 2.24) is 15.5 Å². The van der Waals surface area contributed by atoms with E-state index in [4.69, 9.17) is 0 Å². The van der Waals surface area contributed by atoms with Gasteiger partial charge in [-0.1, -0.05) is 13.8 Å². The topological polar surface area (TPSA) is 44.4 Å². The molecular formula is C11H23N3O. The number of rotatable bonds is 5. The van der Waals surface area contributed by atoms with Crippen LogP contribution < -0.4 is 10.6 Å². The minimum absolute atomic E-state index is 0.109. The average Bonchev–Trinajstić information content (AvgIpc) is 2.58. The molecule has 1 saturated heterocycles. The van der Waals surface area contributed by atoms with Gasteiger partial charge >= 0.3 is 0 Å². The predicted octanol–water partition coefficient (Wildman–Crippen LogP) is 0.0523. The zero-order valence-electron chi connectivity index (χ0n) is 10.0. The second-order valence-corrected chi connectivity index (χ2v) is 4.83. The Balaban J connectivity index is 2.06. The minimum atomic E-state index is 0.109. The number of hydrogen-bond acceptors (Lipinski definition) is 3. The van der Waals surface area contributed by atoms with Gasteiger partial charge in [-0.3, -0.25) is 4.79 Å². The first-order chi connectivity index (χ1) is 7.08. The van der Waals surface area contributed by atoms with Crippen LogP contribution in [0.4, 0.5) is 0 Å². The number of likely N-dealkylation sites (N-methyl/N-ethyl adjacent to an activating group) is 1. The number of hydrogen-bond donors (Lipinski definition) is 2. The molecule has 1 atom stereocenters. The number of carbonyl (C=O) groups is 1. The molecule has 2 N–H and O–H groups in total. The van der Waals surface area contributed by atoms with Crippen molar-refractivity contribution >= 4 is 5.91 Å². The molecule has 0 saturated carbocycles. The Labute approximate surface area is 92.4 Å². The van der Waals surface area contributed by atoms with E-state index in [2.05, 4.69) is 36.4 Å². The molecule has 0 bridgehead atoms. The Morgan fingerprint density at radius 2 is 2.27 bits per heavy atom. The van der Waals surface area contributed by atoms with E-state index in [-0.39, 0.29) is 5.91 Å². The fraction of sp³-hybridized carbons (Fsp3) is 0.909. The largest absolute Gasteiger partial charge is 0.355 e. The molecule has 0 radical (unpaired) electrons. The van der Waals surface area contributed by atoms with Gasteiger partial charge in [-0.2, -0.15) is 0 Å². The van der Waals surface area contributed by atoms with Crippen molar-refractivity contribution in [3.05, 3.63) is 0 Å². The van der Waals surface area contributed by atoms with Crippen LogP contribution in [-0.2, 0) is 4.79 Å². The van der Waals surface area contributed by atoms with Crippen LogP contribution in [0, 0.1) is 5.92 Å². The van der Waals surface area contributed by atoms with Gasteiger partial charge in [-0.05, 0) is 25.9 Å². The van der Waals surface area contributed by atoms with Crippen molar-refractivity contribution in [1.29, 1.82) is 0 Å². The molecule has 0 spiro atoms. The molecule has 0 aromatic carbocycles. The van der Waals surface area contributed by atoms with Gasteiger partial charge in [0.15, 0.2) is 0 Å². The van der Waals surface area contributed by atoms with E-state index in [0.29, 0.717) is 18.5 Å². The maximum atomic E-state index is 11.4. The summed E-state index contributed by atoms with van der Waals surface area (Å²) < 4.78 is 0. The first-order valence-corrected chi connectivity index (χ1v) is 5.76. The predicted molar refractivity (Wildman–Crippen MR) is 61.8 cm³/mol. The van der Waals surface area contributed by atoms with Crippen LogP contribution in [0.25, 0.3) is 0 Å². The van der Waals surface area contributed by atoms with Gasteiger partial charge in [0.05, 0.1) is 6.54 Å². The van der Waals surface area contributed by atoms with Gasteiger partial charge in [0, 0.05) is 19.1 Å². The maximum absolute atomic E-state index is 11.4. The standard InChI is InChI=1S/C11H23N3O/c1-9(2)6-13-11(15)7-12-10-4-5-14(3)8-10/h9-10,12H,4-8H2,1-3H3,(H,13,15). The van der Waals surface area contributed by atoms with Gasteiger partial charge in [0.25, 0.3) is 0 Å². The summed E-state index contributed by atoms with van der Waals surface area (Å²) >= 11 is 0. The minimum Gasteiger partial charge on any atom is -0.355 e. The second-order valence-electron chi connectivity index (χ2n) is 4.83. The third-order valence-corrected chi connectivity index (χ3v) is 2.65. The van der Waals surface area contributed by atoms with Crippen LogP contribution in [0.15, 0.2) is 0 Å². The molecule has 4 nitrogen and oxygen atoms in total. The van der Waals surface area contributed by atoms with Crippen LogP contribution >= 0.6 is 0 Å². The van der Waals surface area contributed by atoms with E-state index in [1.54, 1.807) is 0 Å². The van der Waals surface area contributed by atoms with Crippen molar-refractivity contribution in [2.45, 2.75) is 26.3 Å². The van der Waals surface area contributed by atoms with E-state index in [0.717, 1.165) is 26.1 Å². The van der Waals surface area contributed by atoms with Gasteiger partial charge in [0.2, 0.25) is 5.91 Å². The first kappa shape index (κ1) is 12.5. The van der Waals surface area contributed by atoms with Gasteiger partial charge in [-0.25, -0.2) is 0 Å². The highest BCUT2D eigenvalue weighted by atomic mass is 16.1. The lowest BCUT2D eigenvalue weighted by Gasteiger charge is -2.13. The average molecular weight is 213 g/mol. The summed E-state index contributed by atoms with van der Waals surface area (Å²) in [6.45, 7) is 7.60. The third-order valence-electron chi connectivity index (χ3n) is 2.65. The molecule has 4 heteroatoms. The van der Waals surface area contributed by atoms with Gasteiger partial charge in [-0.15, -0.1) is 0 Å². The van der Waals surface area contributed by atoms with E-state index < -0.39 is 0 Å². The molecule has 1 aliphatic rings. The Hall–Kier alpha value is -0.610. The summed E-state index contributed by atoms with van der Waals surface area (Å²) in [6, 6.07) is 0.486. The molecular weight excluding hydrogens is 190 g/mol. The molecule has 1 rings (SSSR count). The summed E-state index contributed by atoms with van der Waals surface area (Å²) in [7, 11) is 2.11. The van der Waals surface area contributed by atoms with Crippen molar-refractivity contribution in [3.8, 4) is 0 Å². The van der Waals surface area contributed by atoms with Crippen LogP contribution in [0.5, 0.6) is 0 Å². The zero-order chi connectivity index (χ0) is 11.3. The Morgan fingerprint density at radius 1 is 1.53 bits per heavy atom. The lowest BCUT2D eigenvalue weighted by atomic mass is 10.2. The van der Waals surface area contributed by atoms with E-state index in [1.165, 1.54) is 0 Å². The fourth-order valence-electron chi connectivity index (χ4n) is 1.72. The number of nitrogens with one attached hydrogen (secondary N) is 2. The van der Waals surface area contributed by atoms with E-state index >= 15 is 0 Å². The summed E-state index contributed by atoms with van der Waals surface area (Å²) in [5.41, 5.74) is 0. The Kier molecular flexibility index (Phi) is 5.05. The maximum Gasteiger partial charge on any atom is 0.233 e. The number of nitrogens with zero attached hydrogens (tertiary/aromatic N) is 1. The molecule has 15 heavy (non-hydrogen) atoms. The van der Waals surface area contributed by atoms with Crippen molar-refractivity contribution < 1.29 is 4.79 Å². The normalized spacial score (nSPS) is 22.3. The summed E-state index contributed by atoms with van der Waals surface area (Å²) in [5.74, 6) is 0.629. The van der Waals surface area contributed by atoms with Crippen LogP contribution in [0.2, 0.25) is 0 Å². The van der Waals surface area contributed by atoms with E-state index in [1.807, 2.05) is 0 Å². The molecule has 88 valence electrons. The second kappa shape index (κ2) is 6.08. The molecule has 1 amide bonds. The number of likely N-dealkylation sites (tertiary alicyclic amines) is 1. The zero-order valence-corrected chi connectivity index (χ0v) is 10.0. The van der Waals surface area contributed by atoms with Crippen LogP contribution in [0.3, 0.4) is 0 Å². The van der Waals surface area contributed by atoms with Crippen LogP contribution in [0.1, 0.15) is 20.3 Å². The highest BCUT2D eigenvalue weighted by Crippen LogP contribution is 2.05. The third kappa shape index (κ3) is 5.14. The van der Waals surface area contributed by atoms with Crippen LogP contribution in [-0.4, -0.2) is 50.1 Å². The lowest BCUT2D eigenvalue weighted by molar-refractivity contribution is -0.120. The fourth-order valence-corrected chi connectivity index (χ4v) is 1.72. The molecule has 0 aliphatic carbocycles. The number of amides is 1. The molecule has 1 unspecified atom stereocenters. The summed E-state index contributed by atoms with van der Waals surface area (Å²) in [4.78, 5) is 13.7. The van der Waals surface area contributed by atoms with Gasteiger partial charge < -0.3 is 15.5 Å². The Bertz CT molecular complexity index is 206. The monoisotopic (exact) mass is 213 g/mol. The van der Waals surface area contributed by atoms with E-state index in [9.17, 15) is 4.79 Å². The molecule has 1 heterocycles. The SMILES string of the molecule is CC(C)CNC(=O)CNC1CCN(C)C1.